The minimum Gasteiger partial charge on any atom is -0.334 e. The Morgan fingerprint density at radius 2 is 1.88 bits per heavy atom. The Balaban J connectivity index is 1.84. The summed E-state index contributed by atoms with van der Waals surface area (Å²) in [5.41, 5.74) is 1.39. The van der Waals surface area contributed by atoms with Gasteiger partial charge in [-0.2, -0.15) is 4.98 Å². The van der Waals surface area contributed by atoms with Crippen molar-refractivity contribution in [2.24, 2.45) is 0 Å². The topological polar surface area (TPSA) is 68.0 Å². The van der Waals surface area contributed by atoms with Crippen LogP contribution in [0.4, 0.5) is 5.69 Å². The predicted molar refractivity (Wildman–Crippen MR) is 93.9 cm³/mol. The quantitative estimate of drug-likeness (QED) is 0.671. The summed E-state index contributed by atoms with van der Waals surface area (Å²) in [6.07, 6.45) is 0. The van der Waals surface area contributed by atoms with Crippen molar-refractivity contribution in [3.8, 4) is 11.5 Å². The van der Waals surface area contributed by atoms with Crippen molar-refractivity contribution in [1.29, 1.82) is 0 Å². The van der Waals surface area contributed by atoms with Crippen LogP contribution in [0.25, 0.3) is 11.5 Å². The van der Waals surface area contributed by atoms with Crippen LogP contribution in [0, 0.1) is 6.92 Å². The molecule has 0 aliphatic heterocycles. The number of anilines is 1. The summed E-state index contributed by atoms with van der Waals surface area (Å²) in [6.45, 7) is 1.72. The van der Waals surface area contributed by atoms with Crippen LogP contribution in [0.3, 0.4) is 0 Å². The number of aromatic nitrogens is 2. The number of nitrogens with one attached hydrogen (secondary N) is 1. The zero-order valence-electron chi connectivity index (χ0n) is 12.3. The number of hydrogen-bond donors (Lipinski definition) is 1. The highest BCUT2D eigenvalue weighted by atomic mass is 35.5. The summed E-state index contributed by atoms with van der Waals surface area (Å²) >= 11 is 18.1. The average Bonchev–Trinajstić information content (AvgIpc) is 2.95. The molecule has 5 nitrogen and oxygen atoms in total. The van der Waals surface area contributed by atoms with Crippen molar-refractivity contribution in [2.45, 2.75) is 6.92 Å². The van der Waals surface area contributed by atoms with Gasteiger partial charge in [0.2, 0.25) is 0 Å². The maximum atomic E-state index is 12.3. The van der Waals surface area contributed by atoms with Crippen molar-refractivity contribution in [3.05, 3.63) is 62.9 Å². The van der Waals surface area contributed by atoms with Gasteiger partial charge in [-0.25, -0.2) is 0 Å². The first-order valence-electron chi connectivity index (χ1n) is 6.80. The van der Waals surface area contributed by atoms with E-state index in [0.29, 0.717) is 38.6 Å². The number of hydrogen-bond acceptors (Lipinski definition) is 4. The van der Waals surface area contributed by atoms with Crippen LogP contribution in [0.1, 0.15) is 16.2 Å². The van der Waals surface area contributed by atoms with E-state index < -0.39 is 0 Å². The summed E-state index contributed by atoms with van der Waals surface area (Å²) in [5, 5.41) is 7.48. The molecule has 24 heavy (non-hydrogen) atoms. The fourth-order valence-corrected chi connectivity index (χ4v) is 2.75. The van der Waals surface area contributed by atoms with Crippen LogP contribution in [0.2, 0.25) is 15.1 Å². The summed E-state index contributed by atoms with van der Waals surface area (Å²) in [5.74, 6) is 0.490. The number of nitrogens with zero attached hydrogens (tertiary/aromatic N) is 2. The molecule has 0 spiro atoms. The van der Waals surface area contributed by atoms with Gasteiger partial charge in [0.25, 0.3) is 11.8 Å². The number of aryl methyl sites for hydroxylation is 1. The fourth-order valence-electron chi connectivity index (χ4n) is 2.03. The molecule has 0 unspecified atom stereocenters. The monoisotopic (exact) mass is 381 g/mol. The highest BCUT2D eigenvalue weighted by molar-refractivity contribution is 6.37. The van der Waals surface area contributed by atoms with E-state index in [2.05, 4.69) is 15.5 Å². The molecule has 0 fully saturated rings. The molecule has 2 aromatic carbocycles. The molecule has 3 aromatic rings. The van der Waals surface area contributed by atoms with Crippen molar-refractivity contribution >= 4 is 46.4 Å². The second-order valence-corrected chi connectivity index (χ2v) is 6.17. The number of amides is 1. The van der Waals surface area contributed by atoms with Crippen molar-refractivity contribution in [2.75, 3.05) is 5.32 Å². The maximum Gasteiger partial charge on any atom is 0.257 e. The molecule has 0 aliphatic carbocycles. The second-order valence-electron chi connectivity index (χ2n) is 4.92. The maximum absolute atomic E-state index is 12.3. The lowest BCUT2D eigenvalue weighted by molar-refractivity contribution is 0.102. The van der Waals surface area contributed by atoms with E-state index >= 15 is 0 Å². The lowest BCUT2D eigenvalue weighted by Gasteiger charge is -2.09. The zero-order chi connectivity index (χ0) is 17.3. The summed E-state index contributed by atoms with van der Waals surface area (Å²) in [4.78, 5) is 16.4. The molecular weight excluding hydrogens is 373 g/mol. The van der Waals surface area contributed by atoms with E-state index in [1.54, 1.807) is 37.3 Å². The highest BCUT2D eigenvalue weighted by Gasteiger charge is 2.14. The molecule has 0 radical (unpaired) electrons. The van der Waals surface area contributed by atoms with Crippen LogP contribution in [-0.4, -0.2) is 16.0 Å². The normalized spacial score (nSPS) is 10.7. The third kappa shape index (κ3) is 3.53. The molecule has 1 aromatic heterocycles. The molecule has 1 N–H and O–H groups in total. The SMILES string of the molecule is Cc1noc(-c2ccc(NC(=O)c3ccc(Cl)cc3Cl)c(Cl)c2)n1. The first kappa shape index (κ1) is 16.8. The van der Waals surface area contributed by atoms with E-state index in [9.17, 15) is 4.79 Å². The molecular formula is C16H10Cl3N3O2. The minimum absolute atomic E-state index is 0.258. The molecule has 0 bridgehead atoms. The molecule has 1 amide bonds. The van der Waals surface area contributed by atoms with Crippen LogP contribution in [0.15, 0.2) is 40.9 Å². The largest absolute Gasteiger partial charge is 0.334 e. The van der Waals surface area contributed by atoms with E-state index in [1.807, 2.05) is 0 Å². The number of halogens is 3. The van der Waals surface area contributed by atoms with Crippen molar-refractivity contribution < 1.29 is 9.32 Å². The molecule has 122 valence electrons. The van der Waals surface area contributed by atoms with Crippen LogP contribution in [-0.2, 0) is 0 Å². The van der Waals surface area contributed by atoms with Crippen molar-refractivity contribution in [3.63, 3.8) is 0 Å². The third-order valence-corrected chi connectivity index (χ3v) is 4.03. The van der Waals surface area contributed by atoms with Gasteiger partial charge in [0, 0.05) is 10.6 Å². The Morgan fingerprint density at radius 1 is 1.08 bits per heavy atom. The van der Waals surface area contributed by atoms with Gasteiger partial charge in [0.1, 0.15) is 0 Å². The van der Waals surface area contributed by atoms with Crippen molar-refractivity contribution in [1.82, 2.24) is 10.1 Å². The number of benzene rings is 2. The number of carbonyl (C=O) groups is 1. The summed E-state index contributed by atoms with van der Waals surface area (Å²) in [6, 6.07) is 9.64. The minimum atomic E-state index is -0.389. The Kier molecular flexibility index (Phi) is 4.76. The van der Waals surface area contributed by atoms with Crippen LogP contribution in [0.5, 0.6) is 0 Å². The molecule has 1 heterocycles. The predicted octanol–water partition coefficient (Wildman–Crippen LogP) is 5.26. The van der Waals surface area contributed by atoms with Gasteiger partial charge in [0.05, 0.1) is 21.3 Å². The molecule has 0 saturated heterocycles. The summed E-state index contributed by atoms with van der Waals surface area (Å²) in [7, 11) is 0. The average molecular weight is 383 g/mol. The van der Waals surface area contributed by atoms with Gasteiger partial charge in [-0.15, -0.1) is 0 Å². The van der Waals surface area contributed by atoms with E-state index in [0.717, 1.165) is 0 Å². The highest BCUT2D eigenvalue weighted by Crippen LogP contribution is 2.29. The summed E-state index contributed by atoms with van der Waals surface area (Å²) < 4.78 is 5.09. The fraction of sp³-hybridized carbons (Fsp3) is 0.0625. The van der Waals surface area contributed by atoms with Gasteiger partial charge in [-0.1, -0.05) is 40.0 Å². The van der Waals surface area contributed by atoms with E-state index in [4.69, 9.17) is 39.3 Å². The van der Waals surface area contributed by atoms with Gasteiger partial charge in [-0.3, -0.25) is 4.79 Å². The van der Waals surface area contributed by atoms with Gasteiger partial charge in [0.15, 0.2) is 5.82 Å². The lowest BCUT2D eigenvalue weighted by atomic mass is 10.1. The van der Waals surface area contributed by atoms with E-state index in [-0.39, 0.29) is 10.9 Å². The molecule has 3 rings (SSSR count). The van der Waals surface area contributed by atoms with Gasteiger partial charge < -0.3 is 9.84 Å². The molecule has 0 saturated carbocycles. The number of rotatable bonds is 3. The molecule has 0 aliphatic rings. The second kappa shape index (κ2) is 6.81. The zero-order valence-corrected chi connectivity index (χ0v) is 14.6. The first-order chi connectivity index (χ1) is 11.4. The Bertz CT molecular complexity index is 925. The Hall–Kier alpha value is -2.08. The Labute approximate surface area is 152 Å². The smallest absolute Gasteiger partial charge is 0.257 e. The lowest BCUT2D eigenvalue weighted by Crippen LogP contribution is -2.12. The standard InChI is InChI=1S/C16H10Cl3N3O2/c1-8-20-16(24-22-8)9-2-5-14(13(19)6-9)21-15(23)11-4-3-10(17)7-12(11)18/h2-7H,1H3,(H,21,23). The Morgan fingerprint density at radius 3 is 2.50 bits per heavy atom. The van der Waals surface area contributed by atoms with Crippen LogP contribution < -0.4 is 5.32 Å². The van der Waals surface area contributed by atoms with Gasteiger partial charge >= 0.3 is 0 Å². The molecule has 0 atom stereocenters. The molecule has 8 heteroatoms. The third-order valence-electron chi connectivity index (χ3n) is 3.17. The number of carbonyl (C=O) groups excluding carboxylic acids is 1. The van der Waals surface area contributed by atoms with Crippen LogP contribution >= 0.6 is 34.8 Å². The first-order valence-corrected chi connectivity index (χ1v) is 7.94. The van der Waals surface area contributed by atoms with E-state index in [1.165, 1.54) is 6.07 Å². The van der Waals surface area contributed by atoms with Gasteiger partial charge in [-0.05, 0) is 43.3 Å².